The number of pyridine rings is 1. The molecule has 0 amide bonds. The third kappa shape index (κ3) is 5.85. The van der Waals surface area contributed by atoms with E-state index in [-0.39, 0.29) is 0 Å². The lowest BCUT2D eigenvalue weighted by atomic mass is 10.3. The normalized spacial score (nSPS) is 9.88. The van der Waals surface area contributed by atoms with Crippen LogP contribution in [0.4, 0.5) is 0 Å². The molecule has 0 aliphatic carbocycles. The van der Waals surface area contributed by atoms with Crippen molar-refractivity contribution in [2.75, 3.05) is 33.5 Å². The van der Waals surface area contributed by atoms with Gasteiger partial charge >= 0.3 is 0 Å². The zero-order chi connectivity index (χ0) is 12.3. The summed E-state index contributed by atoms with van der Waals surface area (Å²) < 4.78 is 15.6. The quantitative estimate of drug-likeness (QED) is 0.638. The Morgan fingerprint density at radius 2 is 2.18 bits per heavy atom. The minimum absolute atomic E-state index is 0.360. The summed E-state index contributed by atoms with van der Waals surface area (Å²) in [7, 11) is 1.64. The summed E-state index contributed by atoms with van der Waals surface area (Å²) in [6, 6.07) is 5.31. The number of nitrogens with zero attached hydrogens (tertiary/aromatic N) is 2. The van der Waals surface area contributed by atoms with Gasteiger partial charge in [-0.3, -0.25) is 0 Å². The lowest BCUT2D eigenvalue weighted by molar-refractivity contribution is 0.0644. The predicted octanol–water partition coefficient (Wildman–Crippen LogP) is 1.39. The fraction of sp³-hybridized carbons (Fsp3) is 0.500. The van der Waals surface area contributed by atoms with Gasteiger partial charge in [0.05, 0.1) is 19.8 Å². The Bertz CT molecular complexity index is 363. The standard InChI is InChI=1S/C12H16N2O3/c1-15-7-8-16-5-2-6-17-12-3-4-14-11(9-12)10-13/h3-4,9H,2,5-8H2,1H3. The molecule has 5 nitrogen and oxygen atoms in total. The Balaban J connectivity index is 2.12. The fourth-order valence-electron chi connectivity index (χ4n) is 1.16. The van der Waals surface area contributed by atoms with E-state index in [1.165, 1.54) is 0 Å². The molecule has 17 heavy (non-hydrogen) atoms. The summed E-state index contributed by atoms with van der Waals surface area (Å²) in [5.41, 5.74) is 0.360. The van der Waals surface area contributed by atoms with Crippen LogP contribution in [0.1, 0.15) is 12.1 Å². The minimum Gasteiger partial charge on any atom is -0.493 e. The maximum Gasteiger partial charge on any atom is 0.144 e. The molecule has 1 heterocycles. The van der Waals surface area contributed by atoms with Crippen molar-refractivity contribution >= 4 is 0 Å². The molecule has 0 atom stereocenters. The fourth-order valence-corrected chi connectivity index (χ4v) is 1.16. The number of nitriles is 1. The molecule has 0 aromatic carbocycles. The number of hydrogen-bond acceptors (Lipinski definition) is 5. The van der Waals surface area contributed by atoms with Gasteiger partial charge in [-0.2, -0.15) is 5.26 Å². The van der Waals surface area contributed by atoms with E-state index in [9.17, 15) is 0 Å². The summed E-state index contributed by atoms with van der Waals surface area (Å²) in [5, 5.41) is 8.65. The molecular weight excluding hydrogens is 220 g/mol. The third-order valence-electron chi connectivity index (χ3n) is 1.98. The first kappa shape index (κ1) is 13.4. The molecule has 0 fully saturated rings. The molecule has 1 rings (SSSR count). The molecule has 0 saturated heterocycles. The van der Waals surface area contributed by atoms with Crippen molar-refractivity contribution in [3.8, 4) is 11.8 Å². The SMILES string of the molecule is COCCOCCCOc1ccnc(C#N)c1. The molecule has 92 valence electrons. The van der Waals surface area contributed by atoms with Gasteiger partial charge in [-0.25, -0.2) is 4.98 Å². The molecule has 0 N–H and O–H groups in total. The molecule has 0 spiro atoms. The lowest BCUT2D eigenvalue weighted by Gasteiger charge is -2.06. The van der Waals surface area contributed by atoms with Crippen LogP contribution >= 0.6 is 0 Å². The summed E-state index contributed by atoms with van der Waals surface area (Å²) in [5.74, 6) is 0.661. The van der Waals surface area contributed by atoms with E-state index >= 15 is 0 Å². The van der Waals surface area contributed by atoms with Gasteiger partial charge in [0.2, 0.25) is 0 Å². The van der Waals surface area contributed by atoms with Gasteiger partial charge < -0.3 is 14.2 Å². The van der Waals surface area contributed by atoms with E-state index in [4.69, 9.17) is 19.5 Å². The molecule has 0 radical (unpaired) electrons. The Labute approximate surface area is 101 Å². The van der Waals surface area contributed by atoms with Crippen LogP contribution in [0, 0.1) is 11.3 Å². The van der Waals surface area contributed by atoms with Gasteiger partial charge in [0.15, 0.2) is 0 Å². The molecule has 0 unspecified atom stereocenters. The average molecular weight is 236 g/mol. The van der Waals surface area contributed by atoms with Crippen molar-refractivity contribution < 1.29 is 14.2 Å². The second-order valence-corrected chi connectivity index (χ2v) is 3.30. The van der Waals surface area contributed by atoms with Gasteiger partial charge in [-0.15, -0.1) is 0 Å². The maximum absolute atomic E-state index is 8.65. The molecule has 0 aliphatic heterocycles. The summed E-state index contributed by atoms with van der Waals surface area (Å²) in [4.78, 5) is 3.86. The number of ether oxygens (including phenoxy) is 3. The van der Waals surface area contributed by atoms with Gasteiger partial charge in [0, 0.05) is 32.4 Å². The molecule has 0 aliphatic rings. The number of hydrogen-bond donors (Lipinski definition) is 0. The van der Waals surface area contributed by atoms with Gasteiger partial charge in [-0.1, -0.05) is 0 Å². The van der Waals surface area contributed by atoms with Crippen LogP contribution in [0.5, 0.6) is 5.75 Å². The Kier molecular flexibility index (Phi) is 6.72. The topological polar surface area (TPSA) is 64.4 Å². The van der Waals surface area contributed by atoms with Crippen molar-refractivity contribution in [3.63, 3.8) is 0 Å². The first-order valence-corrected chi connectivity index (χ1v) is 5.42. The monoisotopic (exact) mass is 236 g/mol. The molecule has 1 aromatic heterocycles. The van der Waals surface area contributed by atoms with Crippen molar-refractivity contribution in [3.05, 3.63) is 24.0 Å². The van der Waals surface area contributed by atoms with E-state index in [1.54, 1.807) is 25.4 Å². The Hall–Kier alpha value is -1.64. The molecule has 1 aromatic rings. The highest BCUT2D eigenvalue weighted by Crippen LogP contribution is 2.10. The van der Waals surface area contributed by atoms with Crippen LogP contribution in [0.25, 0.3) is 0 Å². The van der Waals surface area contributed by atoms with Gasteiger partial charge in [0.25, 0.3) is 0 Å². The first-order valence-electron chi connectivity index (χ1n) is 5.42. The summed E-state index contributed by atoms with van der Waals surface area (Å²) in [6.45, 7) is 2.41. The smallest absolute Gasteiger partial charge is 0.144 e. The van der Waals surface area contributed by atoms with E-state index in [0.717, 1.165) is 6.42 Å². The van der Waals surface area contributed by atoms with E-state index in [0.29, 0.717) is 37.9 Å². The third-order valence-corrected chi connectivity index (χ3v) is 1.98. The van der Waals surface area contributed by atoms with Gasteiger partial charge in [-0.05, 0) is 6.07 Å². The van der Waals surface area contributed by atoms with Crippen LogP contribution in [-0.2, 0) is 9.47 Å². The van der Waals surface area contributed by atoms with Crippen molar-refractivity contribution in [2.24, 2.45) is 0 Å². The second kappa shape index (κ2) is 8.50. The summed E-state index contributed by atoms with van der Waals surface area (Å²) >= 11 is 0. The van der Waals surface area contributed by atoms with Crippen LogP contribution < -0.4 is 4.74 Å². The molecular formula is C12H16N2O3. The van der Waals surface area contributed by atoms with Crippen LogP contribution in [0.3, 0.4) is 0 Å². The predicted molar refractivity (Wildman–Crippen MR) is 61.8 cm³/mol. The highest BCUT2D eigenvalue weighted by molar-refractivity contribution is 5.29. The number of methoxy groups -OCH3 is 1. The molecule has 5 heteroatoms. The Morgan fingerprint density at radius 3 is 2.94 bits per heavy atom. The second-order valence-electron chi connectivity index (χ2n) is 3.30. The molecule has 0 saturated carbocycles. The van der Waals surface area contributed by atoms with E-state index < -0.39 is 0 Å². The maximum atomic E-state index is 8.65. The first-order chi connectivity index (χ1) is 8.36. The van der Waals surface area contributed by atoms with Crippen LogP contribution in [0.2, 0.25) is 0 Å². The highest BCUT2D eigenvalue weighted by Gasteiger charge is 1.97. The van der Waals surface area contributed by atoms with Crippen LogP contribution in [0.15, 0.2) is 18.3 Å². The van der Waals surface area contributed by atoms with E-state index in [1.807, 2.05) is 6.07 Å². The highest BCUT2D eigenvalue weighted by atomic mass is 16.5. The molecule has 0 bridgehead atoms. The van der Waals surface area contributed by atoms with Crippen molar-refractivity contribution in [1.29, 1.82) is 5.26 Å². The largest absolute Gasteiger partial charge is 0.493 e. The zero-order valence-electron chi connectivity index (χ0n) is 9.89. The van der Waals surface area contributed by atoms with Gasteiger partial charge in [0.1, 0.15) is 17.5 Å². The minimum atomic E-state index is 0.360. The average Bonchev–Trinajstić information content (AvgIpc) is 2.38. The van der Waals surface area contributed by atoms with Crippen LogP contribution in [-0.4, -0.2) is 38.5 Å². The number of rotatable bonds is 8. The number of aromatic nitrogens is 1. The van der Waals surface area contributed by atoms with E-state index in [2.05, 4.69) is 4.98 Å². The van der Waals surface area contributed by atoms with Crippen molar-refractivity contribution in [2.45, 2.75) is 6.42 Å². The van der Waals surface area contributed by atoms with Crippen molar-refractivity contribution in [1.82, 2.24) is 4.98 Å². The Morgan fingerprint density at radius 1 is 1.29 bits per heavy atom. The lowest BCUT2D eigenvalue weighted by Crippen LogP contribution is -2.06. The zero-order valence-corrected chi connectivity index (χ0v) is 9.89. The summed E-state index contributed by atoms with van der Waals surface area (Å²) in [6.07, 6.45) is 2.36.